The van der Waals surface area contributed by atoms with Crippen molar-refractivity contribution in [2.75, 3.05) is 0 Å². The number of fused-ring (bicyclic) bond motifs is 1. The van der Waals surface area contributed by atoms with Crippen LogP contribution in [0, 0.1) is 0 Å². The van der Waals surface area contributed by atoms with Crippen molar-refractivity contribution in [3.05, 3.63) is 62.4 Å². The summed E-state index contributed by atoms with van der Waals surface area (Å²) >= 11 is 4.83. The minimum absolute atomic E-state index is 0.0951. The van der Waals surface area contributed by atoms with E-state index in [0.29, 0.717) is 18.5 Å². The molecule has 1 amide bonds. The molecule has 1 N–H and O–H groups in total. The Balaban J connectivity index is 1.58. The lowest BCUT2D eigenvalue weighted by Gasteiger charge is -2.07. The third-order valence-corrected chi connectivity index (χ3v) is 4.72. The Bertz CT molecular complexity index is 903. The number of carbonyl (C=O) groups is 1. The fraction of sp³-hybridized carbons (Fsp3) is 0.188. The maximum atomic E-state index is 12.2. The standard InChI is InChI=1S/C16H14BrN3O2S/c17-12-3-1-2-11(8-12)9-18-14(21)4-6-20-10-19-15-13(16(20)22)5-7-23-15/h1-3,5,7-8,10H,4,6,9H2,(H,18,21). The number of nitrogens with one attached hydrogen (secondary N) is 1. The van der Waals surface area contributed by atoms with Crippen molar-refractivity contribution in [2.45, 2.75) is 19.5 Å². The van der Waals surface area contributed by atoms with Gasteiger partial charge in [0, 0.05) is 24.0 Å². The van der Waals surface area contributed by atoms with E-state index in [4.69, 9.17) is 0 Å². The van der Waals surface area contributed by atoms with Crippen LogP contribution in [0.15, 0.2) is 51.3 Å². The average Bonchev–Trinajstić information content (AvgIpc) is 3.02. The number of hydrogen-bond acceptors (Lipinski definition) is 4. The van der Waals surface area contributed by atoms with Crippen LogP contribution in [0.3, 0.4) is 0 Å². The fourth-order valence-corrected chi connectivity index (χ4v) is 3.38. The van der Waals surface area contributed by atoms with Crippen molar-refractivity contribution in [1.29, 1.82) is 0 Å². The SMILES string of the molecule is O=C(CCn1cnc2sccc2c1=O)NCc1cccc(Br)c1. The molecule has 0 bridgehead atoms. The van der Waals surface area contributed by atoms with Gasteiger partial charge in [-0.1, -0.05) is 28.1 Å². The quantitative estimate of drug-likeness (QED) is 0.726. The van der Waals surface area contributed by atoms with Gasteiger partial charge in [0.15, 0.2) is 0 Å². The van der Waals surface area contributed by atoms with Gasteiger partial charge in [0.25, 0.3) is 5.56 Å². The maximum absolute atomic E-state index is 12.2. The molecule has 0 spiro atoms. The van der Waals surface area contributed by atoms with E-state index in [-0.39, 0.29) is 17.9 Å². The third kappa shape index (κ3) is 3.86. The topological polar surface area (TPSA) is 64.0 Å². The van der Waals surface area contributed by atoms with Gasteiger partial charge >= 0.3 is 0 Å². The van der Waals surface area contributed by atoms with Crippen LogP contribution in [0.25, 0.3) is 10.2 Å². The molecule has 5 nitrogen and oxygen atoms in total. The fourth-order valence-electron chi connectivity index (χ4n) is 2.21. The zero-order chi connectivity index (χ0) is 16.2. The van der Waals surface area contributed by atoms with Crippen LogP contribution in [0.5, 0.6) is 0 Å². The van der Waals surface area contributed by atoms with Crippen molar-refractivity contribution < 1.29 is 4.79 Å². The lowest BCUT2D eigenvalue weighted by atomic mass is 10.2. The minimum Gasteiger partial charge on any atom is -0.352 e. The molecular formula is C16H14BrN3O2S. The number of aromatic nitrogens is 2. The van der Waals surface area contributed by atoms with Gasteiger partial charge < -0.3 is 5.32 Å². The molecule has 2 heterocycles. The van der Waals surface area contributed by atoms with Crippen molar-refractivity contribution in [3.63, 3.8) is 0 Å². The monoisotopic (exact) mass is 391 g/mol. The van der Waals surface area contributed by atoms with Crippen LogP contribution in [-0.4, -0.2) is 15.5 Å². The first-order valence-electron chi connectivity index (χ1n) is 7.07. The molecule has 3 aromatic rings. The van der Waals surface area contributed by atoms with Crippen LogP contribution in [0.1, 0.15) is 12.0 Å². The summed E-state index contributed by atoms with van der Waals surface area (Å²) in [5.41, 5.74) is 0.919. The molecule has 0 radical (unpaired) electrons. The largest absolute Gasteiger partial charge is 0.352 e. The molecule has 1 aromatic carbocycles. The summed E-state index contributed by atoms with van der Waals surface area (Å²) in [7, 11) is 0. The summed E-state index contributed by atoms with van der Waals surface area (Å²) < 4.78 is 2.46. The lowest BCUT2D eigenvalue weighted by Crippen LogP contribution is -2.27. The summed E-state index contributed by atoms with van der Waals surface area (Å²) in [5.74, 6) is -0.0951. The van der Waals surface area contributed by atoms with Gasteiger partial charge in [-0.25, -0.2) is 4.98 Å². The van der Waals surface area contributed by atoms with Crippen LogP contribution >= 0.6 is 27.3 Å². The van der Waals surface area contributed by atoms with E-state index < -0.39 is 0 Å². The van der Waals surface area contributed by atoms with Crippen LogP contribution in [0.4, 0.5) is 0 Å². The zero-order valence-electron chi connectivity index (χ0n) is 12.2. The second kappa shape index (κ2) is 7.06. The van der Waals surface area contributed by atoms with Crippen molar-refractivity contribution in [3.8, 4) is 0 Å². The molecule has 0 aliphatic heterocycles. The number of rotatable bonds is 5. The number of nitrogens with zero attached hydrogens (tertiary/aromatic N) is 2. The zero-order valence-corrected chi connectivity index (χ0v) is 14.6. The molecule has 2 aromatic heterocycles. The molecule has 0 unspecified atom stereocenters. The van der Waals surface area contributed by atoms with Crippen LogP contribution < -0.4 is 10.9 Å². The summed E-state index contributed by atoms with van der Waals surface area (Å²) in [6.07, 6.45) is 1.74. The first-order valence-corrected chi connectivity index (χ1v) is 8.74. The van der Waals surface area contributed by atoms with E-state index in [1.807, 2.05) is 29.6 Å². The highest BCUT2D eigenvalue weighted by molar-refractivity contribution is 9.10. The van der Waals surface area contributed by atoms with E-state index in [1.54, 1.807) is 6.07 Å². The number of thiophene rings is 1. The van der Waals surface area contributed by atoms with Crippen LogP contribution in [0.2, 0.25) is 0 Å². The molecule has 7 heteroatoms. The van der Waals surface area contributed by atoms with E-state index in [2.05, 4.69) is 26.2 Å². The summed E-state index contributed by atoms with van der Waals surface area (Å²) in [6.45, 7) is 0.789. The second-order valence-corrected chi connectivity index (χ2v) is 6.85. The van der Waals surface area contributed by atoms with Gasteiger partial charge in [-0.05, 0) is 29.1 Å². The van der Waals surface area contributed by atoms with Gasteiger partial charge in [0.2, 0.25) is 5.91 Å². The predicted octanol–water partition coefficient (Wildman–Crippen LogP) is 2.93. The number of halogens is 1. The van der Waals surface area contributed by atoms with E-state index in [0.717, 1.165) is 14.9 Å². The van der Waals surface area contributed by atoms with E-state index in [1.165, 1.54) is 22.2 Å². The molecule has 0 saturated heterocycles. The predicted molar refractivity (Wildman–Crippen MR) is 94.5 cm³/mol. The molecule has 118 valence electrons. The first kappa shape index (κ1) is 15.9. The first-order chi connectivity index (χ1) is 11.1. The smallest absolute Gasteiger partial charge is 0.262 e. The van der Waals surface area contributed by atoms with Crippen LogP contribution in [-0.2, 0) is 17.9 Å². The average molecular weight is 392 g/mol. The van der Waals surface area contributed by atoms with Gasteiger partial charge in [0.05, 0.1) is 11.7 Å². The Labute approximate surface area is 145 Å². The number of benzene rings is 1. The van der Waals surface area contributed by atoms with Crippen molar-refractivity contribution in [2.24, 2.45) is 0 Å². The third-order valence-electron chi connectivity index (χ3n) is 3.41. The number of amides is 1. The Kier molecular flexibility index (Phi) is 4.88. The molecule has 0 aliphatic carbocycles. The molecule has 23 heavy (non-hydrogen) atoms. The highest BCUT2D eigenvalue weighted by Gasteiger charge is 2.07. The lowest BCUT2D eigenvalue weighted by molar-refractivity contribution is -0.121. The molecule has 0 atom stereocenters. The molecular weight excluding hydrogens is 378 g/mol. The highest BCUT2D eigenvalue weighted by Crippen LogP contribution is 2.13. The van der Waals surface area contributed by atoms with E-state index >= 15 is 0 Å². The number of carbonyl (C=O) groups excluding carboxylic acids is 1. The minimum atomic E-state index is -0.101. The Hall–Kier alpha value is -1.99. The normalized spacial score (nSPS) is 10.8. The van der Waals surface area contributed by atoms with Crippen molar-refractivity contribution >= 4 is 43.4 Å². The Morgan fingerprint density at radius 1 is 1.35 bits per heavy atom. The van der Waals surface area contributed by atoms with Gasteiger partial charge in [-0.2, -0.15) is 0 Å². The van der Waals surface area contributed by atoms with Crippen molar-refractivity contribution in [1.82, 2.24) is 14.9 Å². The summed E-state index contributed by atoms with van der Waals surface area (Å²) in [6, 6.07) is 9.53. The maximum Gasteiger partial charge on any atom is 0.262 e. The number of hydrogen-bond donors (Lipinski definition) is 1. The highest BCUT2D eigenvalue weighted by atomic mass is 79.9. The second-order valence-electron chi connectivity index (χ2n) is 5.04. The Morgan fingerprint density at radius 2 is 2.22 bits per heavy atom. The van der Waals surface area contributed by atoms with Gasteiger partial charge in [0.1, 0.15) is 4.83 Å². The molecule has 3 rings (SSSR count). The molecule has 0 fully saturated rings. The van der Waals surface area contributed by atoms with E-state index in [9.17, 15) is 9.59 Å². The Morgan fingerprint density at radius 3 is 3.04 bits per heavy atom. The number of aryl methyl sites for hydroxylation is 1. The summed E-state index contributed by atoms with van der Waals surface area (Å²) in [5, 5.41) is 5.30. The molecule has 0 saturated carbocycles. The summed E-state index contributed by atoms with van der Waals surface area (Å²) in [4.78, 5) is 29.1. The van der Waals surface area contributed by atoms with Gasteiger partial charge in [-0.15, -0.1) is 11.3 Å². The molecule has 0 aliphatic rings. The van der Waals surface area contributed by atoms with Gasteiger partial charge in [-0.3, -0.25) is 14.2 Å².